The standard InChI is InChI=1S/C10H14O3S/c1-3-5-7-6-8(13-4-2)9(14-7)10(11)12/h6H,3-5H2,1-2H3,(H,11,12). The van der Waals surface area contributed by atoms with Gasteiger partial charge in [0.1, 0.15) is 5.75 Å². The van der Waals surface area contributed by atoms with Crippen molar-refractivity contribution in [2.45, 2.75) is 26.7 Å². The van der Waals surface area contributed by atoms with E-state index in [-0.39, 0.29) is 0 Å². The highest BCUT2D eigenvalue weighted by Gasteiger charge is 2.15. The van der Waals surface area contributed by atoms with E-state index in [2.05, 4.69) is 6.92 Å². The number of thiophene rings is 1. The Kier molecular flexibility index (Phi) is 3.95. The fourth-order valence-corrected chi connectivity index (χ4v) is 2.24. The van der Waals surface area contributed by atoms with E-state index in [1.807, 2.05) is 13.0 Å². The monoisotopic (exact) mass is 214 g/mol. The van der Waals surface area contributed by atoms with Crippen molar-refractivity contribution in [1.82, 2.24) is 0 Å². The van der Waals surface area contributed by atoms with Crippen molar-refractivity contribution in [2.24, 2.45) is 0 Å². The molecule has 0 aromatic carbocycles. The van der Waals surface area contributed by atoms with E-state index in [0.717, 1.165) is 17.7 Å². The Morgan fingerprint density at radius 1 is 1.57 bits per heavy atom. The lowest BCUT2D eigenvalue weighted by Gasteiger charge is -1.99. The number of carbonyl (C=O) groups is 1. The van der Waals surface area contributed by atoms with E-state index in [0.29, 0.717) is 17.2 Å². The van der Waals surface area contributed by atoms with Gasteiger partial charge in [0.05, 0.1) is 6.61 Å². The molecule has 0 aliphatic carbocycles. The highest BCUT2D eigenvalue weighted by Crippen LogP contribution is 2.30. The largest absolute Gasteiger partial charge is 0.492 e. The molecule has 0 unspecified atom stereocenters. The van der Waals surface area contributed by atoms with Crippen molar-refractivity contribution in [1.29, 1.82) is 0 Å². The van der Waals surface area contributed by atoms with Crippen LogP contribution in [-0.4, -0.2) is 17.7 Å². The molecular weight excluding hydrogens is 200 g/mol. The summed E-state index contributed by atoms with van der Waals surface area (Å²) >= 11 is 1.31. The summed E-state index contributed by atoms with van der Waals surface area (Å²) in [7, 11) is 0. The van der Waals surface area contributed by atoms with Crippen LogP contribution in [0.4, 0.5) is 0 Å². The molecule has 0 atom stereocenters. The molecule has 0 saturated carbocycles. The van der Waals surface area contributed by atoms with Crippen LogP contribution < -0.4 is 4.74 Å². The summed E-state index contributed by atoms with van der Waals surface area (Å²) in [5, 5.41) is 8.90. The highest BCUT2D eigenvalue weighted by molar-refractivity contribution is 7.14. The van der Waals surface area contributed by atoms with Crippen molar-refractivity contribution in [3.05, 3.63) is 15.8 Å². The summed E-state index contributed by atoms with van der Waals surface area (Å²) in [5.41, 5.74) is 0. The van der Waals surface area contributed by atoms with Gasteiger partial charge in [0.15, 0.2) is 4.88 Å². The minimum atomic E-state index is -0.902. The van der Waals surface area contributed by atoms with Crippen molar-refractivity contribution in [2.75, 3.05) is 6.61 Å². The number of carboxylic acids is 1. The zero-order valence-electron chi connectivity index (χ0n) is 8.37. The molecule has 1 N–H and O–H groups in total. The van der Waals surface area contributed by atoms with Gasteiger partial charge in [-0.3, -0.25) is 0 Å². The minimum Gasteiger partial charge on any atom is -0.492 e. The molecular formula is C10H14O3S. The third kappa shape index (κ3) is 2.48. The van der Waals surface area contributed by atoms with E-state index in [9.17, 15) is 4.79 Å². The fourth-order valence-electron chi connectivity index (χ4n) is 1.20. The van der Waals surface area contributed by atoms with Gasteiger partial charge in [-0.25, -0.2) is 4.79 Å². The number of aromatic carboxylic acids is 1. The summed E-state index contributed by atoms with van der Waals surface area (Å²) < 4.78 is 5.25. The number of aryl methyl sites for hydroxylation is 1. The van der Waals surface area contributed by atoms with Gasteiger partial charge >= 0.3 is 5.97 Å². The molecule has 0 aliphatic rings. The third-order valence-corrected chi connectivity index (χ3v) is 2.90. The van der Waals surface area contributed by atoms with Gasteiger partial charge < -0.3 is 9.84 Å². The van der Waals surface area contributed by atoms with Crippen LogP contribution in [0.2, 0.25) is 0 Å². The highest BCUT2D eigenvalue weighted by atomic mass is 32.1. The lowest BCUT2D eigenvalue weighted by atomic mass is 10.3. The first kappa shape index (κ1) is 11.0. The number of rotatable bonds is 5. The molecule has 1 heterocycles. The van der Waals surface area contributed by atoms with E-state index in [1.54, 1.807) is 0 Å². The summed E-state index contributed by atoms with van der Waals surface area (Å²) in [4.78, 5) is 12.2. The van der Waals surface area contributed by atoms with Gasteiger partial charge in [-0.1, -0.05) is 13.3 Å². The van der Waals surface area contributed by atoms with Crippen LogP contribution in [0.15, 0.2) is 6.07 Å². The second kappa shape index (κ2) is 5.00. The molecule has 4 heteroatoms. The fraction of sp³-hybridized carbons (Fsp3) is 0.500. The number of hydrogen-bond donors (Lipinski definition) is 1. The SMILES string of the molecule is CCCc1cc(OCC)c(C(=O)O)s1. The molecule has 0 radical (unpaired) electrons. The molecule has 0 amide bonds. The predicted molar refractivity (Wildman–Crippen MR) is 56.4 cm³/mol. The third-order valence-electron chi connectivity index (χ3n) is 1.74. The zero-order chi connectivity index (χ0) is 10.6. The Morgan fingerprint density at radius 2 is 2.29 bits per heavy atom. The van der Waals surface area contributed by atoms with Crippen molar-refractivity contribution in [3.8, 4) is 5.75 Å². The summed E-state index contributed by atoms with van der Waals surface area (Å²) in [6.45, 7) is 4.42. The number of carboxylic acid groups (broad SMARTS) is 1. The van der Waals surface area contributed by atoms with Crippen LogP contribution >= 0.6 is 11.3 Å². The molecule has 0 aliphatic heterocycles. The zero-order valence-corrected chi connectivity index (χ0v) is 9.19. The Balaban J connectivity index is 2.93. The van der Waals surface area contributed by atoms with Gasteiger partial charge in [-0.15, -0.1) is 11.3 Å². The maximum absolute atomic E-state index is 10.8. The second-order valence-corrected chi connectivity index (χ2v) is 4.03. The summed E-state index contributed by atoms with van der Waals surface area (Å²) in [5.74, 6) is -0.394. The summed E-state index contributed by atoms with van der Waals surface area (Å²) in [6.07, 6.45) is 1.93. The first-order valence-corrected chi connectivity index (χ1v) is 5.49. The van der Waals surface area contributed by atoms with Crippen molar-refractivity contribution < 1.29 is 14.6 Å². The first-order valence-electron chi connectivity index (χ1n) is 4.67. The van der Waals surface area contributed by atoms with E-state index in [1.165, 1.54) is 11.3 Å². The summed E-state index contributed by atoms with van der Waals surface area (Å²) in [6, 6.07) is 1.83. The molecule has 0 fully saturated rings. The minimum absolute atomic E-state index is 0.315. The van der Waals surface area contributed by atoms with Crippen molar-refractivity contribution in [3.63, 3.8) is 0 Å². The Morgan fingerprint density at radius 3 is 2.79 bits per heavy atom. The Hall–Kier alpha value is -1.03. The topological polar surface area (TPSA) is 46.5 Å². The van der Waals surface area contributed by atoms with Crippen LogP contribution in [0.5, 0.6) is 5.75 Å². The quantitative estimate of drug-likeness (QED) is 0.819. The maximum Gasteiger partial charge on any atom is 0.349 e. The lowest BCUT2D eigenvalue weighted by molar-refractivity contribution is 0.0698. The second-order valence-electron chi connectivity index (χ2n) is 2.89. The van der Waals surface area contributed by atoms with Gasteiger partial charge in [-0.05, 0) is 19.4 Å². The molecule has 78 valence electrons. The molecule has 0 spiro atoms. The average Bonchev–Trinajstić information content (AvgIpc) is 2.49. The maximum atomic E-state index is 10.8. The normalized spacial score (nSPS) is 10.1. The predicted octanol–water partition coefficient (Wildman–Crippen LogP) is 2.80. The van der Waals surface area contributed by atoms with Crippen LogP contribution in [0.3, 0.4) is 0 Å². The van der Waals surface area contributed by atoms with Crippen LogP contribution in [-0.2, 0) is 6.42 Å². The van der Waals surface area contributed by atoms with E-state index >= 15 is 0 Å². The van der Waals surface area contributed by atoms with Crippen LogP contribution in [0.25, 0.3) is 0 Å². The number of ether oxygens (including phenoxy) is 1. The molecule has 3 nitrogen and oxygen atoms in total. The lowest BCUT2D eigenvalue weighted by Crippen LogP contribution is -1.98. The van der Waals surface area contributed by atoms with Gasteiger partial charge in [-0.2, -0.15) is 0 Å². The molecule has 1 aromatic heterocycles. The van der Waals surface area contributed by atoms with Crippen LogP contribution in [0, 0.1) is 0 Å². The van der Waals surface area contributed by atoms with E-state index < -0.39 is 5.97 Å². The number of hydrogen-bond acceptors (Lipinski definition) is 3. The first-order chi connectivity index (χ1) is 6.69. The Labute approximate surface area is 87.3 Å². The smallest absolute Gasteiger partial charge is 0.349 e. The molecule has 0 saturated heterocycles. The van der Waals surface area contributed by atoms with Crippen LogP contribution in [0.1, 0.15) is 34.8 Å². The molecule has 1 aromatic rings. The van der Waals surface area contributed by atoms with Gasteiger partial charge in [0.25, 0.3) is 0 Å². The average molecular weight is 214 g/mol. The molecule has 0 bridgehead atoms. The van der Waals surface area contributed by atoms with E-state index in [4.69, 9.17) is 9.84 Å². The Bertz CT molecular complexity index is 317. The molecule has 14 heavy (non-hydrogen) atoms. The van der Waals surface area contributed by atoms with Crippen molar-refractivity contribution >= 4 is 17.3 Å². The van der Waals surface area contributed by atoms with Gasteiger partial charge in [0, 0.05) is 4.88 Å². The molecule has 1 rings (SSSR count). The van der Waals surface area contributed by atoms with Gasteiger partial charge in [0.2, 0.25) is 0 Å².